The predicted octanol–water partition coefficient (Wildman–Crippen LogP) is 2.99. The van der Waals surface area contributed by atoms with Gasteiger partial charge in [0.2, 0.25) is 0 Å². The molecule has 0 aliphatic carbocycles. The van der Waals surface area contributed by atoms with Crippen LogP contribution in [0.1, 0.15) is 36.0 Å². The van der Waals surface area contributed by atoms with Gasteiger partial charge in [0.1, 0.15) is 5.76 Å². The van der Waals surface area contributed by atoms with Gasteiger partial charge in [-0.1, -0.05) is 0 Å². The van der Waals surface area contributed by atoms with Crippen molar-refractivity contribution in [3.63, 3.8) is 0 Å². The summed E-state index contributed by atoms with van der Waals surface area (Å²) in [5, 5.41) is 2.73. The number of likely N-dealkylation sites (tertiary alicyclic amines) is 1. The molecule has 1 saturated heterocycles. The summed E-state index contributed by atoms with van der Waals surface area (Å²) in [5.41, 5.74) is 1.86. The highest BCUT2D eigenvalue weighted by Crippen LogP contribution is 2.31. The van der Waals surface area contributed by atoms with E-state index in [0.29, 0.717) is 0 Å². The van der Waals surface area contributed by atoms with Gasteiger partial charge in [0.25, 0.3) is 0 Å². The average molecular weight is 274 g/mol. The highest BCUT2D eigenvalue weighted by Gasteiger charge is 2.31. The van der Waals surface area contributed by atoms with Crippen molar-refractivity contribution in [3.8, 4) is 0 Å². The summed E-state index contributed by atoms with van der Waals surface area (Å²) < 4.78 is 5.39. The molecule has 3 heterocycles. The fraction of sp³-hybridized carbons (Fsp3) is 0.429. The van der Waals surface area contributed by atoms with Gasteiger partial charge in [0.15, 0.2) is 0 Å². The number of nitrogens with one attached hydrogen (secondary N) is 2. The molecule has 0 radical (unpaired) electrons. The Hall–Kier alpha value is -2.24. The lowest BCUT2D eigenvalue weighted by molar-refractivity contribution is 0.205. The number of oxazole rings is 1. The lowest BCUT2D eigenvalue weighted by Crippen LogP contribution is -2.34. The number of anilines is 1. The smallest absolute Gasteiger partial charge is 0.326 e. The summed E-state index contributed by atoms with van der Waals surface area (Å²) in [6.07, 6.45) is 3.85. The van der Waals surface area contributed by atoms with Crippen LogP contribution in [0, 0.1) is 13.8 Å². The van der Waals surface area contributed by atoms with E-state index < -0.39 is 0 Å². The lowest BCUT2D eigenvalue weighted by atomic mass is 10.1. The molecule has 1 aliphatic rings. The van der Waals surface area contributed by atoms with E-state index in [-0.39, 0.29) is 18.1 Å². The van der Waals surface area contributed by atoms with Gasteiger partial charge in [-0.25, -0.2) is 4.79 Å². The molecule has 0 aromatic carbocycles. The van der Waals surface area contributed by atoms with E-state index in [0.717, 1.165) is 36.5 Å². The van der Waals surface area contributed by atoms with Crippen LogP contribution < -0.4 is 5.32 Å². The SMILES string of the molecule is Cc1nc(NC(=O)N2CCC[C@@H]2c2ccc[nH]2)oc1C. The summed E-state index contributed by atoms with van der Waals surface area (Å²) >= 11 is 0. The van der Waals surface area contributed by atoms with Crippen LogP contribution in [0.2, 0.25) is 0 Å². The molecule has 2 amide bonds. The standard InChI is InChI=1S/C14H18N4O2/c1-9-10(2)20-13(16-9)17-14(19)18-8-4-6-12(18)11-5-3-7-15-11/h3,5,7,12,15H,4,6,8H2,1-2H3,(H,16,17,19)/t12-/m1/s1. The number of amides is 2. The third-order valence-electron chi connectivity index (χ3n) is 3.74. The molecule has 20 heavy (non-hydrogen) atoms. The quantitative estimate of drug-likeness (QED) is 0.884. The van der Waals surface area contributed by atoms with Crippen LogP contribution in [0.15, 0.2) is 22.7 Å². The van der Waals surface area contributed by atoms with Crippen molar-refractivity contribution in [2.24, 2.45) is 0 Å². The maximum Gasteiger partial charge on any atom is 0.326 e. The van der Waals surface area contributed by atoms with Crippen molar-refractivity contribution in [3.05, 3.63) is 35.5 Å². The zero-order valence-electron chi connectivity index (χ0n) is 11.6. The molecule has 1 fully saturated rings. The summed E-state index contributed by atoms with van der Waals surface area (Å²) in [5.74, 6) is 0.725. The molecule has 3 rings (SSSR count). The van der Waals surface area contributed by atoms with Crippen LogP contribution in [0.5, 0.6) is 0 Å². The van der Waals surface area contributed by atoms with Crippen LogP contribution in [0.25, 0.3) is 0 Å². The number of carbonyl (C=O) groups excluding carboxylic acids is 1. The zero-order valence-corrected chi connectivity index (χ0v) is 11.6. The second-order valence-corrected chi connectivity index (χ2v) is 5.07. The number of H-pyrrole nitrogens is 1. The number of rotatable bonds is 2. The van der Waals surface area contributed by atoms with Crippen molar-refractivity contribution in [2.45, 2.75) is 32.7 Å². The normalized spacial score (nSPS) is 18.5. The zero-order chi connectivity index (χ0) is 14.1. The van der Waals surface area contributed by atoms with Gasteiger partial charge in [-0.3, -0.25) is 5.32 Å². The number of nitrogens with zero attached hydrogens (tertiary/aromatic N) is 2. The molecule has 1 aliphatic heterocycles. The summed E-state index contributed by atoms with van der Waals surface area (Å²) in [6.45, 7) is 4.43. The first kappa shape index (κ1) is 12.8. The largest absolute Gasteiger partial charge is 0.428 e. The van der Waals surface area contributed by atoms with Crippen LogP contribution in [0.3, 0.4) is 0 Å². The number of carbonyl (C=O) groups is 1. The Kier molecular flexibility index (Phi) is 3.22. The molecule has 0 saturated carbocycles. The Morgan fingerprint density at radius 2 is 2.40 bits per heavy atom. The first-order chi connectivity index (χ1) is 9.65. The van der Waals surface area contributed by atoms with Crippen LogP contribution in [0.4, 0.5) is 10.8 Å². The molecule has 0 spiro atoms. The van der Waals surface area contributed by atoms with E-state index in [1.54, 1.807) is 0 Å². The Labute approximate surface area is 117 Å². The molecule has 0 bridgehead atoms. The van der Waals surface area contributed by atoms with E-state index in [9.17, 15) is 4.79 Å². The molecular weight excluding hydrogens is 256 g/mol. The van der Waals surface area contributed by atoms with Gasteiger partial charge in [0.05, 0.1) is 11.7 Å². The van der Waals surface area contributed by atoms with E-state index in [4.69, 9.17) is 4.42 Å². The third-order valence-corrected chi connectivity index (χ3v) is 3.74. The number of aromatic amines is 1. The second kappa shape index (κ2) is 5.03. The topological polar surface area (TPSA) is 74.2 Å². The van der Waals surface area contributed by atoms with E-state index in [2.05, 4.69) is 15.3 Å². The number of hydrogen-bond acceptors (Lipinski definition) is 3. The second-order valence-electron chi connectivity index (χ2n) is 5.07. The van der Waals surface area contributed by atoms with E-state index >= 15 is 0 Å². The van der Waals surface area contributed by atoms with Crippen LogP contribution >= 0.6 is 0 Å². The van der Waals surface area contributed by atoms with Gasteiger partial charge in [-0.15, -0.1) is 0 Å². The maximum atomic E-state index is 12.3. The van der Waals surface area contributed by atoms with Gasteiger partial charge in [-0.05, 0) is 38.8 Å². The lowest BCUT2D eigenvalue weighted by Gasteiger charge is -2.23. The summed E-state index contributed by atoms with van der Waals surface area (Å²) in [6, 6.07) is 4.16. The first-order valence-electron chi connectivity index (χ1n) is 6.80. The Bertz CT molecular complexity index is 583. The molecule has 2 aromatic rings. The highest BCUT2D eigenvalue weighted by molar-refractivity contribution is 5.87. The Balaban J connectivity index is 1.73. The van der Waals surface area contributed by atoms with Crippen molar-refractivity contribution in [2.75, 3.05) is 11.9 Å². The average Bonchev–Trinajstić information content (AvgIpc) is 3.11. The van der Waals surface area contributed by atoms with E-state index in [1.165, 1.54) is 0 Å². The van der Waals surface area contributed by atoms with Crippen molar-refractivity contribution in [1.82, 2.24) is 14.9 Å². The van der Waals surface area contributed by atoms with Crippen molar-refractivity contribution >= 4 is 12.0 Å². The third kappa shape index (κ3) is 2.29. The first-order valence-corrected chi connectivity index (χ1v) is 6.80. The minimum atomic E-state index is -0.164. The molecule has 1 atom stereocenters. The monoisotopic (exact) mass is 274 g/mol. The molecule has 6 nitrogen and oxygen atoms in total. The molecule has 2 N–H and O–H groups in total. The minimum absolute atomic E-state index is 0.0992. The minimum Gasteiger partial charge on any atom is -0.428 e. The van der Waals surface area contributed by atoms with Crippen molar-refractivity contribution < 1.29 is 9.21 Å². The molecule has 0 unspecified atom stereocenters. The van der Waals surface area contributed by atoms with Crippen molar-refractivity contribution in [1.29, 1.82) is 0 Å². The van der Waals surface area contributed by atoms with Crippen LogP contribution in [-0.2, 0) is 0 Å². The van der Waals surface area contributed by atoms with Gasteiger partial charge < -0.3 is 14.3 Å². The number of hydrogen-bond donors (Lipinski definition) is 2. The molecule has 6 heteroatoms. The van der Waals surface area contributed by atoms with Crippen LogP contribution in [-0.4, -0.2) is 27.4 Å². The molecule has 2 aromatic heterocycles. The van der Waals surface area contributed by atoms with Gasteiger partial charge >= 0.3 is 12.0 Å². The molecule has 106 valence electrons. The highest BCUT2D eigenvalue weighted by atomic mass is 16.4. The summed E-state index contributed by atoms with van der Waals surface area (Å²) in [7, 11) is 0. The Morgan fingerprint density at radius 3 is 3.05 bits per heavy atom. The van der Waals surface area contributed by atoms with Gasteiger partial charge in [-0.2, -0.15) is 4.98 Å². The number of aromatic nitrogens is 2. The fourth-order valence-electron chi connectivity index (χ4n) is 2.57. The van der Waals surface area contributed by atoms with E-state index in [1.807, 2.05) is 37.1 Å². The maximum absolute atomic E-state index is 12.3. The molecular formula is C14H18N4O2. The predicted molar refractivity (Wildman–Crippen MR) is 74.5 cm³/mol. The fourth-order valence-corrected chi connectivity index (χ4v) is 2.57. The number of urea groups is 1. The Morgan fingerprint density at radius 1 is 1.55 bits per heavy atom. The van der Waals surface area contributed by atoms with Gasteiger partial charge in [0, 0.05) is 18.4 Å². The number of aryl methyl sites for hydroxylation is 2. The summed E-state index contributed by atoms with van der Waals surface area (Å²) in [4.78, 5) is 21.5.